The van der Waals surface area contributed by atoms with Crippen molar-refractivity contribution in [3.8, 4) is 5.75 Å². The zero-order chi connectivity index (χ0) is 14.7. The highest BCUT2D eigenvalue weighted by Crippen LogP contribution is 2.45. The lowest BCUT2D eigenvalue weighted by Crippen LogP contribution is -2.35. The molecule has 0 unspecified atom stereocenters. The number of likely N-dealkylation sites (tertiary alicyclic amines) is 1. The molecule has 2 aliphatic rings. The fourth-order valence-corrected chi connectivity index (χ4v) is 3.20. The molecule has 112 valence electrons. The summed E-state index contributed by atoms with van der Waals surface area (Å²) in [4.78, 5) is 17.0. The van der Waals surface area contributed by atoms with Gasteiger partial charge in [0.25, 0.3) is 0 Å². The summed E-state index contributed by atoms with van der Waals surface area (Å²) in [5.74, 6) is 0.915. The van der Waals surface area contributed by atoms with Crippen molar-refractivity contribution in [1.29, 1.82) is 0 Å². The minimum atomic E-state index is -0.312. The fourth-order valence-electron chi connectivity index (χ4n) is 3.20. The summed E-state index contributed by atoms with van der Waals surface area (Å²) in [5, 5.41) is 0. The SMILES string of the molecule is CN1CCC(Oc2ccc(C3(N=C=O)CCC3)cc2)CC1. The maximum atomic E-state index is 10.6. The number of carbonyl (C=O) groups excluding carboxylic acids is 1. The first-order valence-corrected chi connectivity index (χ1v) is 7.77. The van der Waals surface area contributed by atoms with Crippen LogP contribution < -0.4 is 4.74 Å². The van der Waals surface area contributed by atoms with Crippen LogP contribution in [0.4, 0.5) is 0 Å². The van der Waals surface area contributed by atoms with E-state index in [0.717, 1.165) is 56.5 Å². The van der Waals surface area contributed by atoms with E-state index in [1.54, 1.807) is 6.08 Å². The van der Waals surface area contributed by atoms with Gasteiger partial charge in [0.15, 0.2) is 0 Å². The summed E-state index contributed by atoms with van der Waals surface area (Å²) in [7, 11) is 2.15. The number of hydrogen-bond donors (Lipinski definition) is 0. The van der Waals surface area contributed by atoms with Gasteiger partial charge in [-0.25, -0.2) is 4.79 Å². The summed E-state index contributed by atoms with van der Waals surface area (Å²) in [6, 6.07) is 8.11. The van der Waals surface area contributed by atoms with Crippen LogP contribution in [0.3, 0.4) is 0 Å². The van der Waals surface area contributed by atoms with Gasteiger partial charge in [-0.1, -0.05) is 12.1 Å². The fraction of sp³-hybridized carbons (Fsp3) is 0.588. The standard InChI is InChI=1S/C17H22N2O2/c1-19-11-7-16(8-12-19)21-15-5-3-14(4-6-15)17(18-13-20)9-2-10-17/h3-6,16H,2,7-12H2,1H3. The molecule has 0 aromatic heterocycles. The number of ether oxygens (including phenoxy) is 1. The van der Waals surface area contributed by atoms with Crippen molar-refractivity contribution < 1.29 is 9.53 Å². The van der Waals surface area contributed by atoms with Crippen molar-refractivity contribution in [3.63, 3.8) is 0 Å². The smallest absolute Gasteiger partial charge is 0.235 e. The molecule has 2 fully saturated rings. The molecule has 1 aromatic carbocycles. The lowest BCUT2D eigenvalue weighted by molar-refractivity contribution is 0.114. The molecule has 0 N–H and O–H groups in total. The Hall–Kier alpha value is -1.64. The van der Waals surface area contributed by atoms with Gasteiger partial charge >= 0.3 is 0 Å². The number of isocyanates is 1. The lowest BCUT2D eigenvalue weighted by Gasteiger charge is -2.37. The summed E-state index contributed by atoms with van der Waals surface area (Å²) >= 11 is 0. The van der Waals surface area contributed by atoms with Gasteiger partial charge in [-0.3, -0.25) is 0 Å². The Kier molecular flexibility index (Phi) is 4.09. The molecule has 21 heavy (non-hydrogen) atoms. The molecule has 0 atom stereocenters. The van der Waals surface area contributed by atoms with E-state index in [4.69, 9.17) is 4.74 Å². The molecule has 1 heterocycles. The van der Waals surface area contributed by atoms with E-state index >= 15 is 0 Å². The van der Waals surface area contributed by atoms with E-state index in [9.17, 15) is 4.79 Å². The van der Waals surface area contributed by atoms with Crippen molar-refractivity contribution in [3.05, 3.63) is 29.8 Å². The second-order valence-electron chi connectivity index (χ2n) is 6.23. The van der Waals surface area contributed by atoms with E-state index in [0.29, 0.717) is 6.10 Å². The summed E-state index contributed by atoms with van der Waals surface area (Å²) in [5.41, 5.74) is 0.793. The number of aliphatic imine (C=N–C) groups is 1. The maximum Gasteiger partial charge on any atom is 0.235 e. The topological polar surface area (TPSA) is 41.9 Å². The Labute approximate surface area is 125 Å². The Balaban J connectivity index is 1.65. The van der Waals surface area contributed by atoms with Gasteiger partial charge in [0.05, 0.1) is 5.54 Å². The molecule has 0 spiro atoms. The quantitative estimate of drug-likeness (QED) is 0.631. The molecule has 0 bridgehead atoms. The number of nitrogens with zero attached hydrogens (tertiary/aromatic N) is 2. The molecule has 1 saturated heterocycles. The van der Waals surface area contributed by atoms with Crippen molar-refractivity contribution in [2.45, 2.75) is 43.7 Å². The third kappa shape index (κ3) is 3.02. The average molecular weight is 286 g/mol. The van der Waals surface area contributed by atoms with Crippen molar-refractivity contribution in [1.82, 2.24) is 4.90 Å². The highest BCUT2D eigenvalue weighted by Gasteiger charge is 2.38. The molecule has 1 aromatic rings. The first kappa shape index (κ1) is 14.3. The minimum Gasteiger partial charge on any atom is -0.490 e. The molecule has 4 nitrogen and oxygen atoms in total. The Bertz CT molecular complexity index is 522. The van der Waals surface area contributed by atoms with Crippen LogP contribution in [0.15, 0.2) is 29.3 Å². The van der Waals surface area contributed by atoms with Crippen LogP contribution in [0.25, 0.3) is 0 Å². The van der Waals surface area contributed by atoms with Gasteiger partial charge in [-0.15, -0.1) is 0 Å². The van der Waals surface area contributed by atoms with E-state index < -0.39 is 0 Å². The molecule has 0 amide bonds. The monoisotopic (exact) mass is 286 g/mol. The molecule has 3 rings (SSSR count). The van der Waals surface area contributed by atoms with E-state index in [1.807, 2.05) is 24.3 Å². The van der Waals surface area contributed by atoms with Gasteiger partial charge in [0.2, 0.25) is 6.08 Å². The van der Waals surface area contributed by atoms with Crippen LogP contribution in [0, 0.1) is 0 Å². The summed E-state index contributed by atoms with van der Waals surface area (Å²) < 4.78 is 6.05. The molecule has 1 aliphatic heterocycles. The third-order valence-electron chi connectivity index (χ3n) is 4.80. The number of benzene rings is 1. The van der Waals surface area contributed by atoms with Gasteiger partial charge in [-0.2, -0.15) is 4.99 Å². The summed E-state index contributed by atoms with van der Waals surface area (Å²) in [6.07, 6.45) is 7.22. The molecule has 1 saturated carbocycles. The molecule has 4 heteroatoms. The summed E-state index contributed by atoms with van der Waals surface area (Å²) in [6.45, 7) is 2.19. The van der Waals surface area contributed by atoms with Crippen molar-refractivity contribution in [2.24, 2.45) is 4.99 Å². The Morgan fingerprint density at radius 3 is 2.43 bits per heavy atom. The second kappa shape index (κ2) is 6.00. The average Bonchev–Trinajstić information content (AvgIpc) is 2.46. The lowest BCUT2D eigenvalue weighted by atomic mass is 9.72. The minimum absolute atomic E-state index is 0.312. The Morgan fingerprint density at radius 2 is 1.90 bits per heavy atom. The van der Waals surface area contributed by atoms with Crippen molar-refractivity contribution in [2.75, 3.05) is 20.1 Å². The Morgan fingerprint density at radius 1 is 1.24 bits per heavy atom. The molecule has 1 aliphatic carbocycles. The van der Waals surface area contributed by atoms with Gasteiger partial charge in [-0.05, 0) is 56.8 Å². The second-order valence-corrected chi connectivity index (χ2v) is 6.23. The molecular weight excluding hydrogens is 264 g/mol. The zero-order valence-electron chi connectivity index (χ0n) is 12.5. The number of hydrogen-bond acceptors (Lipinski definition) is 4. The molecule has 0 radical (unpaired) electrons. The highest BCUT2D eigenvalue weighted by atomic mass is 16.5. The molecular formula is C17H22N2O2. The maximum absolute atomic E-state index is 10.6. The normalized spacial score (nSPS) is 22.1. The van der Waals surface area contributed by atoms with E-state index in [2.05, 4.69) is 16.9 Å². The van der Waals surface area contributed by atoms with Crippen LogP contribution in [0.2, 0.25) is 0 Å². The van der Waals surface area contributed by atoms with Crippen LogP contribution in [-0.4, -0.2) is 37.2 Å². The first-order chi connectivity index (χ1) is 10.2. The predicted octanol–water partition coefficient (Wildman–Crippen LogP) is 2.87. The highest BCUT2D eigenvalue weighted by molar-refractivity contribution is 5.40. The number of piperidine rings is 1. The van der Waals surface area contributed by atoms with Gasteiger partial charge in [0.1, 0.15) is 11.9 Å². The first-order valence-electron chi connectivity index (χ1n) is 7.77. The predicted molar refractivity (Wildman–Crippen MR) is 81.2 cm³/mol. The van der Waals surface area contributed by atoms with Crippen molar-refractivity contribution >= 4 is 6.08 Å². The van der Waals surface area contributed by atoms with E-state index in [-0.39, 0.29) is 5.54 Å². The van der Waals surface area contributed by atoms with Gasteiger partial charge in [0, 0.05) is 13.1 Å². The van der Waals surface area contributed by atoms with E-state index in [1.165, 1.54) is 0 Å². The van der Waals surface area contributed by atoms with Crippen LogP contribution in [-0.2, 0) is 10.3 Å². The largest absolute Gasteiger partial charge is 0.490 e. The van der Waals surface area contributed by atoms with Crippen LogP contribution >= 0.6 is 0 Å². The van der Waals surface area contributed by atoms with Crippen LogP contribution in [0.1, 0.15) is 37.7 Å². The van der Waals surface area contributed by atoms with Crippen LogP contribution in [0.5, 0.6) is 5.75 Å². The zero-order valence-corrected chi connectivity index (χ0v) is 12.5. The van der Waals surface area contributed by atoms with Gasteiger partial charge < -0.3 is 9.64 Å². The third-order valence-corrected chi connectivity index (χ3v) is 4.80. The number of rotatable bonds is 4.